The van der Waals surface area contributed by atoms with E-state index in [1.165, 1.54) is 0 Å². The van der Waals surface area contributed by atoms with E-state index in [-0.39, 0.29) is 6.07 Å². The minimum atomic E-state index is -5.52. The van der Waals surface area contributed by atoms with Crippen molar-refractivity contribution in [3.63, 3.8) is 0 Å². The normalized spacial score (nSPS) is 12.9. The third kappa shape index (κ3) is 3.47. The summed E-state index contributed by atoms with van der Waals surface area (Å²) in [6.07, 6.45) is 0. The Bertz CT molecular complexity index is 971. The van der Waals surface area contributed by atoms with Crippen molar-refractivity contribution in [2.24, 2.45) is 0 Å². The van der Waals surface area contributed by atoms with Crippen molar-refractivity contribution in [1.82, 2.24) is 0 Å². The third-order valence-corrected chi connectivity index (χ3v) is 5.28. The topological polar surface area (TPSA) is 191 Å². The Balaban J connectivity index is 4.34. The second-order valence-corrected chi connectivity index (χ2v) is 7.90. The van der Waals surface area contributed by atoms with E-state index >= 15 is 0 Å². The molecule has 116 valence electrons. The highest BCUT2D eigenvalue weighted by Gasteiger charge is 2.42. The fourth-order valence-electron chi connectivity index (χ4n) is 1.35. The number of diazo groups is 1. The molecule has 3 N–H and O–H groups in total. The fourth-order valence-corrected chi connectivity index (χ4v) is 4.69. The van der Waals surface area contributed by atoms with E-state index in [0.717, 1.165) is 0 Å². The highest BCUT2D eigenvalue weighted by atomic mass is 35.5. The van der Waals surface area contributed by atoms with E-state index in [0.29, 0.717) is 0 Å². The van der Waals surface area contributed by atoms with Crippen LogP contribution in [0.3, 0.4) is 0 Å². The van der Waals surface area contributed by atoms with Crippen LogP contribution < -0.4 is 0 Å². The van der Waals surface area contributed by atoms with Crippen LogP contribution in [0.25, 0.3) is 4.98 Å². The average Bonchev–Trinajstić information content (AvgIpc) is 2.23. The minimum Gasteiger partial charge on any atom is -0.282 e. The molecular formula is C6H4ClN2O9S3+. The van der Waals surface area contributed by atoms with Crippen LogP contribution in [-0.2, 0) is 30.4 Å². The Labute approximate surface area is 123 Å². The first-order chi connectivity index (χ1) is 9.21. The lowest BCUT2D eigenvalue weighted by atomic mass is 10.3. The number of nitrogens with zero attached hydrogens (tertiary/aromatic N) is 2. The standard InChI is InChI=1S/C6H3ClN2O9S3/c7-2-1-3(19(10,11)12)4(9-8)6(21(16,17)18)5(2)20(13,14)15/h1H,(H2-,10,11,12,13,14,15,16,17,18)/p+1. The second kappa shape index (κ2) is 5.14. The van der Waals surface area contributed by atoms with Crippen LogP contribution in [0, 0.1) is 5.39 Å². The highest BCUT2D eigenvalue weighted by molar-refractivity contribution is 7.89. The first kappa shape index (κ1) is 17.7. The van der Waals surface area contributed by atoms with Crippen LogP contribution in [0.15, 0.2) is 20.8 Å². The first-order valence-electron chi connectivity index (χ1n) is 4.35. The lowest BCUT2D eigenvalue weighted by molar-refractivity contribution is 0.465. The molecule has 21 heavy (non-hydrogen) atoms. The zero-order chi connectivity index (χ0) is 16.8. The molecule has 1 rings (SSSR count). The summed E-state index contributed by atoms with van der Waals surface area (Å²) in [5.41, 5.74) is -1.54. The molecule has 0 fully saturated rings. The van der Waals surface area contributed by atoms with Crippen LogP contribution in [0.4, 0.5) is 5.69 Å². The van der Waals surface area contributed by atoms with Gasteiger partial charge in [0.25, 0.3) is 10.1 Å². The Morgan fingerprint density at radius 1 is 0.905 bits per heavy atom. The van der Waals surface area contributed by atoms with Gasteiger partial charge in [0.2, 0.25) is 10.3 Å². The second-order valence-electron chi connectivity index (χ2n) is 3.39. The van der Waals surface area contributed by atoms with Crippen LogP contribution >= 0.6 is 11.6 Å². The number of halogens is 1. The zero-order valence-electron chi connectivity index (χ0n) is 9.37. The molecule has 0 unspecified atom stereocenters. The molecule has 1 aromatic rings. The number of benzene rings is 1. The lowest BCUT2D eigenvalue weighted by Crippen LogP contribution is -2.12. The van der Waals surface area contributed by atoms with Crippen molar-refractivity contribution in [1.29, 1.82) is 5.39 Å². The molecule has 0 saturated heterocycles. The molecule has 1 aromatic carbocycles. The van der Waals surface area contributed by atoms with Crippen molar-refractivity contribution < 1.29 is 38.9 Å². The quantitative estimate of drug-likeness (QED) is 0.493. The van der Waals surface area contributed by atoms with E-state index in [4.69, 9.17) is 30.7 Å². The lowest BCUT2D eigenvalue weighted by Gasteiger charge is -2.06. The van der Waals surface area contributed by atoms with E-state index in [1.807, 2.05) is 0 Å². The molecule has 0 amide bonds. The summed E-state index contributed by atoms with van der Waals surface area (Å²) in [6.45, 7) is 0. The van der Waals surface area contributed by atoms with Crippen molar-refractivity contribution in [3.05, 3.63) is 16.1 Å². The predicted octanol–water partition coefficient (Wildman–Crippen LogP) is 0.565. The van der Waals surface area contributed by atoms with Gasteiger partial charge in [-0.3, -0.25) is 13.7 Å². The predicted molar refractivity (Wildman–Crippen MR) is 65.6 cm³/mol. The molecular weight excluding hydrogens is 376 g/mol. The smallest absolute Gasteiger partial charge is 0.282 e. The minimum absolute atomic E-state index is 0.212. The summed E-state index contributed by atoms with van der Waals surface area (Å²) in [4.78, 5) is -2.63. The van der Waals surface area contributed by atoms with Gasteiger partial charge in [0.1, 0.15) is 4.90 Å². The van der Waals surface area contributed by atoms with Gasteiger partial charge in [-0.05, 0) is 6.07 Å². The van der Waals surface area contributed by atoms with Gasteiger partial charge in [-0.15, -0.1) is 0 Å². The third-order valence-electron chi connectivity index (χ3n) is 2.02. The SMILES string of the molecule is N#[N+]c1c(S(=O)(=O)O)cc(Cl)c(S(=O)(=O)O)c1S(=O)(=O)O. The Morgan fingerprint density at radius 2 is 1.33 bits per heavy atom. The van der Waals surface area contributed by atoms with Crippen LogP contribution in [0.1, 0.15) is 0 Å². The number of hydrogen-bond acceptors (Lipinski definition) is 7. The Hall–Kier alpha value is -1.34. The molecule has 0 atom stereocenters. The molecule has 0 bridgehead atoms. The maximum Gasteiger partial charge on any atom is 0.428 e. The zero-order valence-corrected chi connectivity index (χ0v) is 12.6. The van der Waals surface area contributed by atoms with Gasteiger partial charge in [0.15, 0.2) is 9.87 Å². The van der Waals surface area contributed by atoms with Crippen LogP contribution in [0.5, 0.6) is 0 Å². The van der Waals surface area contributed by atoms with E-state index in [1.54, 1.807) is 0 Å². The van der Waals surface area contributed by atoms with Gasteiger partial charge in [-0.2, -0.15) is 25.3 Å². The van der Waals surface area contributed by atoms with Gasteiger partial charge in [0, 0.05) is 0 Å². The van der Waals surface area contributed by atoms with Crippen LogP contribution in [0.2, 0.25) is 5.02 Å². The highest BCUT2D eigenvalue weighted by Crippen LogP contribution is 2.41. The maximum absolute atomic E-state index is 11.2. The fraction of sp³-hybridized carbons (Fsp3) is 0. The van der Waals surface area contributed by atoms with Gasteiger partial charge in [-0.1, -0.05) is 11.6 Å². The summed E-state index contributed by atoms with van der Waals surface area (Å²) in [5.74, 6) is 0. The van der Waals surface area contributed by atoms with Gasteiger partial charge >= 0.3 is 25.9 Å². The maximum atomic E-state index is 11.2. The molecule has 0 spiro atoms. The molecule has 0 aliphatic carbocycles. The summed E-state index contributed by atoms with van der Waals surface area (Å²) in [7, 11) is -16.1. The molecule has 0 aliphatic heterocycles. The molecule has 0 heterocycles. The Kier molecular flexibility index (Phi) is 4.33. The number of rotatable bonds is 3. The summed E-state index contributed by atoms with van der Waals surface area (Å²) in [5, 5.41) is 7.50. The van der Waals surface area contributed by atoms with Crippen molar-refractivity contribution in [3.8, 4) is 0 Å². The average molecular weight is 380 g/mol. The van der Waals surface area contributed by atoms with Gasteiger partial charge < -0.3 is 0 Å². The van der Waals surface area contributed by atoms with E-state index in [2.05, 4.69) is 4.98 Å². The molecule has 11 nitrogen and oxygen atoms in total. The van der Waals surface area contributed by atoms with E-state index < -0.39 is 55.8 Å². The Morgan fingerprint density at radius 3 is 1.62 bits per heavy atom. The summed E-state index contributed by atoms with van der Waals surface area (Å²) >= 11 is 5.35. The van der Waals surface area contributed by atoms with Crippen molar-refractivity contribution in [2.45, 2.75) is 14.7 Å². The summed E-state index contributed by atoms with van der Waals surface area (Å²) < 4.78 is 93.4. The van der Waals surface area contributed by atoms with Gasteiger partial charge in [0.05, 0.1) is 5.02 Å². The largest absolute Gasteiger partial charge is 0.428 e. The molecule has 0 aliphatic rings. The molecule has 15 heteroatoms. The first-order valence-corrected chi connectivity index (χ1v) is 9.05. The monoisotopic (exact) mass is 379 g/mol. The van der Waals surface area contributed by atoms with Gasteiger partial charge in [-0.25, -0.2) is 0 Å². The van der Waals surface area contributed by atoms with Crippen LogP contribution in [-0.4, -0.2) is 38.9 Å². The molecule has 0 radical (unpaired) electrons. The van der Waals surface area contributed by atoms with E-state index in [9.17, 15) is 25.3 Å². The summed E-state index contributed by atoms with van der Waals surface area (Å²) in [6, 6.07) is 0.212. The molecule has 0 aromatic heterocycles. The van der Waals surface area contributed by atoms with Crippen molar-refractivity contribution in [2.75, 3.05) is 0 Å². The number of hydrogen-bond donors (Lipinski definition) is 3. The molecule has 0 saturated carbocycles. The van der Waals surface area contributed by atoms with Crippen molar-refractivity contribution >= 4 is 47.6 Å².